The predicted molar refractivity (Wildman–Crippen MR) is 65.1 cm³/mol. The Balaban J connectivity index is 2.20. The van der Waals surface area contributed by atoms with E-state index < -0.39 is 0 Å². The van der Waals surface area contributed by atoms with E-state index in [1.165, 1.54) is 13.3 Å². The maximum absolute atomic E-state index is 10.7. The number of rotatable bonds is 3. The van der Waals surface area contributed by atoms with Crippen molar-refractivity contribution >= 4 is 21.9 Å². The van der Waals surface area contributed by atoms with E-state index in [-0.39, 0.29) is 12.6 Å². The molecular weight excluding hydrogens is 286 g/mol. The lowest BCUT2D eigenvalue weighted by molar-refractivity contribution is -0.142. The zero-order chi connectivity index (χ0) is 12.3. The molecular formula is C12H10BrNO3. The number of hydrogen-bond donors (Lipinski definition) is 0. The fourth-order valence-electron chi connectivity index (χ4n) is 1.38. The van der Waals surface area contributed by atoms with Crippen LogP contribution in [0.4, 0.5) is 0 Å². The number of oxazole rings is 1. The molecule has 0 fully saturated rings. The van der Waals surface area contributed by atoms with Crippen LogP contribution in [-0.4, -0.2) is 11.0 Å². The van der Waals surface area contributed by atoms with Crippen LogP contribution in [0.25, 0.3) is 11.3 Å². The molecule has 0 aliphatic rings. The molecule has 0 bridgehead atoms. The zero-order valence-electron chi connectivity index (χ0n) is 9.14. The topological polar surface area (TPSA) is 52.3 Å². The molecule has 2 aromatic rings. The zero-order valence-corrected chi connectivity index (χ0v) is 10.7. The van der Waals surface area contributed by atoms with E-state index >= 15 is 0 Å². The first-order valence-electron chi connectivity index (χ1n) is 4.97. The maximum atomic E-state index is 10.7. The van der Waals surface area contributed by atoms with Crippen molar-refractivity contribution in [3.63, 3.8) is 0 Å². The molecule has 0 atom stereocenters. The summed E-state index contributed by atoms with van der Waals surface area (Å²) in [4.78, 5) is 14.6. The van der Waals surface area contributed by atoms with Gasteiger partial charge in [0.2, 0.25) is 0 Å². The fourth-order valence-corrected chi connectivity index (χ4v) is 2.00. The molecule has 17 heavy (non-hydrogen) atoms. The molecule has 2 rings (SSSR count). The highest BCUT2D eigenvalue weighted by Gasteiger charge is 2.07. The Hall–Kier alpha value is -1.62. The summed E-state index contributed by atoms with van der Waals surface area (Å²) in [6.07, 6.45) is 3.03. The quantitative estimate of drug-likeness (QED) is 0.816. The van der Waals surface area contributed by atoms with Crippen LogP contribution in [0.3, 0.4) is 0 Å². The molecule has 1 aromatic carbocycles. The number of ether oxygens (including phenoxy) is 1. The van der Waals surface area contributed by atoms with Crippen molar-refractivity contribution < 1.29 is 13.9 Å². The smallest absolute Gasteiger partial charge is 0.302 e. The van der Waals surface area contributed by atoms with Gasteiger partial charge in [-0.3, -0.25) is 4.79 Å². The van der Waals surface area contributed by atoms with Crippen molar-refractivity contribution in [3.8, 4) is 11.3 Å². The summed E-state index contributed by atoms with van der Waals surface area (Å²) < 4.78 is 11.0. The lowest BCUT2D eigenvalue weighted by atomic mass is 10.1. The minimum absolute atomic E-state index is 0.268. The van der Waals surface area contributed by atoms with Gasteiger partial charge in [-0.15, -0.1) is 0 Å². The monoisotopic (exact) mass is 295 g/mol. The highest BCUT2D eigenvalue weighted by atomic mass is 79.9. The molecule has 1 aromatic heterocycles. The number of carbonyl (C=O) groups excluding carboxylic acids is 1. The Kier molecular flexibility index (Phi) is 3.58. The third kappa shape index (κ3) is 2.94. The predicted octanol–water partition coefficient (Wildman–Crippen LogP) is 3.17. The number of benzene rings is 1. The highest BCUT2D eigenvalue weighted by Crippen LogP contribution is 2.28. The van der Waals surface area contributed by atoms with Crippen molar-refractivity contribution in [3.05, 3.63) is 40.8 Å². The molecule has 1 heterocycles. The van der Waals surface area contributed by atoms with Crippen LogP contribution in [-0.2, 0) is 16.1 Å². The van der Waals surface area contributed by atoms with Gasteiger partial charge in [0.05, 0.1) is 6.20 Å². The van der Waals surface area contributed by atoms with Crippen molar-refractivity contribution in [1.29, 1.82) is 0 Å². The summed E-state index contributed by atoms with van der Waals surface area (Å²) in [6.45, 7) is 1.66. The molecule has 4 nitrogen and oxygen atoms in total. The van der Waals surface area contributed by atoms with Gasteiger partial charge >= 0.3 is 5.97 Å². The normalized spacial score (nSPS) is 10.2. The van der Waals surface area contributed by atoms with E-state index in [2.05, 4.69) is 20.9 Å². The van der Waals surface area contributed by atoms with Crippen molar-refractivity contribution in [2.75, 3.05) is 0 Å². The van der Waals surface area contributed by atoms with Crippen LogP contribution in [0, 0.1) is 0 Å². The van der Waals surface area contributed by atoms with Crippen LogP contribution >= 0.6 is 15.9 Å². The van der Waals surface area contributed by atoms with E-state index in [1.54, 1.807) is 6.20 Å². The van der Waals surface area contributed by atoms with Gasteiger partial charge in [-0.1, -0.05) is 22.0 Å². The van der Waals surface area contributed by atoms with E-state index in [0.29, 0.717) is 5.76 Å². The van der Waals surface area contributed by atoms with Crippen LogP contribution in [0.15, 0.2) is 39.7 Å². The van der Waals surface area contributed by atoms with Crippen molar-refractivity contribution in [2.45, 2.75) is 13.5 Å². The van der Waals surface area contributed by atoms with Gasteiger partial charge in [-0.05, 0) is 17.7 Å². The lowest BCUT2D eigenvalue weighted by Gasteiger charge is -2.05. The number of carbonyl (C=O) groups is 1. The molecule has 0 radical (unpaired) electrons. The second-order valence-electron chi connectivity index (χ2n) is 3.46. The lowest BCUT2D eigenvalue weighted by Crippen LogP contribution is -1.98. The van der Waals surface area contributed by atoms with E-state index in [4.69, 9.17) is 9.15 Å². The molecule has 0 aliphatic carbocycles. The average Bonchev–Trinajstić information content (AvgIpc) is 2.79. The average molecular weight is 296 g/mol. The van der Waals surface area contributed by atoms with Crippen LogP contribution in [0.5, 0.6) is 0 Å². The van der Waals surface area contributed by atoms with Gasteiger partial charge in [0, 0.05) is 17.0 Å². The summed E-state index contributed by atoms with van der Waals surface area (Å²) in [6, 6.07) is 5.66. The Morgan fingerprint density at radius 3 is 2.94 bits per heavy atom. The molecule has 0 aliphatic heterocycles. The summed E-state index contributed by atoms with van der Waals surface area (Å²) in [5, 5.41) is 0. The minimum atomic E-state index is -0.291. The first-order valence-corrected chi connectivity index (χ1v) is 5.77. The first-order chi connectivity index (χ1) is 8.16. The molecule has 0 unspecified atom stereocenters. The van der Waals surface area contributed by atoms with Gasteiger partial charge in [0.15, 0.2) is 12.2 Å². The minimum Gasteiger partial charge on any atom is -0.461 e. The summed E-state index contributed by atoms with van der Waals surface area (Å²) in [7, 11) is 0. The molecule has 5 heteroatoms. The fraction of sp³-hybridized carbons (Fsp3) is 0.167. The second kappa shape index (κ2) is 5.14. The number of hydrogen-bond acceptors (Lipinski definition) is 4. The largest absolute Gasteiger partial charge is 0.461 e. The molecule has 0 amide bonds. The first kappa shape index (κ1) is 11.9. The molecule has 0 spiro atoms. The molecule has 88 valence electrons. The Morgan fingerprint density at radius 2 is 2.35 bits per heavy atom. The van der Waals surface area contributed by atoms with Crippen molar-refractivity contribution in [1.82, 2.24) is 4.98 Å². The number of halogens is 1. The van der Waals surface area contributed by atoms with Gasteiger partial charge in [0.1, 0.15) is 6.61 Å². The molecule has 0 saturated carbocycles. The summed E-state index contributed by atoms with van der Waals surface area (Å²) >= 11 is 3.45. The van der Waals surface area contributed by atoms with E-state index in [0.717, 1.165) is 15.6 Å². The van der Waals surface area contributed by atoms with Crippen LogP contribution in [0.2, 0.25) is 0 Å². The second-order valence-corrected chi connectivity index (χ2v) is 4.31. The standard InChI is InChI=1S/C12H10BrNO3/c1-8(15)16-6-9-2-3-10(11(13)4-9)12-5-14-7-17-12/h2-5,7H,6H2,1H3. The SMILES string of the molecule is CC(=O)OCc1ccc(-c2cnco2)c(Br)c1. The van der Waals surface area contributed by atoms with Gasteiger partial charge in [0.25, 0.3) is 0 Å². The third-order valence-electron chi connectivity index (χ3n) is 2.17. The van der Waals surface area contributed by atoms with E-state index in [1.807, 2.05) is 18.2 Å². The highest BCUT2D eigenvalue weighted by molar-refractivity contribution is 9.10. The Labute approximate surface area is 107 Å². The Morgan fingerprint density at radius 1 is 1.53 bits per heavy atom. The van der Waals surface area contributed by atoms with Crippen LogP contribution < -0.4 is 0 Å². The summed E-state index contributed by atoms with van der Waals surface area (Å²) in [5.41, 5.74) is 1.82. The van der Waals surface area contributed by atoms with Crippen molar-refractivity contribution in [2.24, 2.45) is 0 Å². The van der Waals surface area contributed by atoms with Gasteiger partial charge in [-0.2, -0.15) is 0 Å². The number of esters is 1. The maximum Gasteiger partial charge on any atom is 0.302 e. The van der Waals surface area contributed by atoms with Gasteiger partial charge < -0.3 is 9.15 Å². The number of aromatic nitrogens is 1. The third-order valence-corrected chi connectivity index (χ3v) is 2.83. The van der Waals surface area contributed by atoms with E-state index in [9.17, 15) is 4.79 Å². The van der Waals surface area contributed by atoms with Gasteiger partial charge in [-0.25, -0.2) is 4.98 Å². The van der Waals surface area contributed by atoms with Crippen LogP contribution in [0.1, 0.15) is 12.5 Å². The molecule has 0 saturated heterocycles. The Bertz CT molecular complexity index is 523. The number of nitrogens with zero attached hydrogens (tertiary/aromatic N) is 1. The molecule has 0 N–H and O–H groups in total. The summed E-state index contributed by atoms with van der Waals surface area (Å²) in [5.74, 6) is 0.399.